The van der Waals surface area contributed by atoms with E-state index >= 15 is 0 Å². The van der Waals surface area contributed by atoms with Crippen molar-refractivity contribution in [1.82, 2.24) is 4.90 Å². The van der Waals surface area contributed by atoms with Crippen LogP contribution in [0, 0.1) is 0 Å². The highest BCUT2D eigenvalue weighted by Crippen LogP contribution is 2.45. The van der Waals surface area contributed by atoms with Gasteiger partial charge in [-0.25, -0.2) is 0 Å². The quantitative estimate of drug-likeness (QED) is 0.595. The van der Waals surface area contributed by atoms with E-state index in [9.17, 15) is 9.59 Å². The first kappa shape index (κ1) is 12.8. The molecule has 1 heterocycles. The third-order valence-electron chi connectivity index (χ3n) is 5.16. The summed E-state index contributed by atoms with van der Waals surface area (Å²) in [6.45, 7) is 0. The third-order valence-corrected chi connectivity index (χ3v) is 5.16. The van der Waals surface area contributed by atoms with Crippen molar-refractivity contribution in [3.8, 4) is 0 Å². The zero-order chi connectivity index (χ0) is 15.6. The number of allylic oxidation sites excluding steroid dienone is 2. The van der Waals surface area contributed by atoms with E-state index in [4.69, 9.17) is 0 Å². The van der Waals surface area contributed by atoms with Crippen LogP contribution in [0.15, 0.2) is 48.6 Å². The number of likely N-dealkylation sites (tertiary alicyclic amines) is 1. The van der Waals surface area contributed by atoms with E-state index in [1.54, 1.807) is 0 Å². The van der Waals surface area contributed by atoms with Crippen LogP contribution in [0.2, 0.25) is 0 Å². The lowest BCUT2D eigenvalue weighted by atomic mass is 9.77. The fourth-order valence-electron chi connectivity index (χ4n) is 4.13. The van der Waals surface area contributed by atoms with Gasteiger partial charge in [0.2, 0.25) is 11.8 Å². The Bertz CT molecular complexity index is 922. The molecule has 112 valence electrons. The van der Waals surface area contributed by atoms with Crippen molar-refractivity contribution in [3.63, 3.8) is 0 Å². The highest BCUT2D eigenvalue weighted by Gasteiger charge is 2.38. The van der Waals surface area contributed by atoms with Crippen molar-refractivity contribution < 1.29 is 9.59 Å². The number of rotatable bonds is 1. The largest absolute Gasteiger partial charge is 0.274 e. The molecule has 0 radical (unpaired) electrons. The predicted molar refractivity (Wildman–Crippen MR) is 88.7 cm³/mol. The summed E-state index contributed by atoms with van der Waals surface area (Å²) in [5.41, 5.74) is 3.55. The second kappa shape index (κ2) is 4.42. The van der Waals surface area contributed by atoms with E-state index in [-0.39, 0.29) is 23.8 Å². The highest BCUT2D eigenvalue weighted by atomic mass is 16.2. The van der Waals surface area contributed by atoms with Crippen LogP contribution in [-0.2, 0) is 9.59 Å². The molecule has 0 bridgehead atoms. The van der Waals surface area contributed by atoms with Crippen molar-refractivity contribution in [1.29, 1.82) is 0 Å². The molecule has 1 saturated heterocycles. The zero-order valence-electron chi connectivity index (χ0n) is 12.5. The zero-order valence-corrected chi connectivity index (χ0v) is 12.5. The van der Waals surface area contributed by atoms with Gasteiger partial charge in [0.25, 0.3) is 0 Å². The lowest BCUT2D eigenvalue weighted by Crippen LogP contribution is -2.34. The molecule has 2 aromatic carbocycles. The molecule has 1 fully saturated rings. The van der Waals surface area contributed by atoms with Crippen LogP contribution < -0.4 is 0 Å². The topological polar surface area (TPSA) is 37.4 Å². The molecule has 2 amide bonds. The standard InChI is InChI=1S/C20H15NO2/c22-17-10-11-18(23)21(17)16-9-7-14-5-4-12-2-1-3-13-6-8-15(16)20(14)19(12)13/h1-9,14,16H,10-11H2. The second-order valence-corrected chi connectivity index (χ2v) is 6.39. The molecular weight excluding hydrogens is 286 g/mol. The van der Waals surface area contributed by atoms with Crippen molar-refractivity contribution in [2.45, 2.75) is 24.8 Å². The first-order valence-corrected chi connectivity index (χ1v) is 8.01. The van der Waals surface area contributed by atoms with Crippen molar-refractivity contribution >= 4 is 28.7 Å². The highest BCUT2D eigenvalue weighted by molar-refractivity contribution is 6.03. The molecule has 0 aromatic heterocycles. The molecule has 3 aliphatic rings. The van der Waals surface area contributed by atoms with Gasteiger partial charge in [0.1, 0.15) is 0 Å². The fourth-order valence-corrected chi connectivity index (χ4v) is 4.13. The molecule has 2 atom stereocenters. The van der Waals surface area contributed by atoms with E-state index < -0.39 is 0 Å². The number of hydrogen-bond donors (Lipinski definition) is 0. The molecule has 23 heavy (non-hydrogen) atoms. The first-order valence-electron chi connectivity index (χ1n) is 8.01. The molecule has 2 aromatic rings. The van der Waals surface area contributed by atoms with E-state index in [1.165, 1.54) is 26.8 Å². The van der Waals surface area contributed by atoms with Crippen LogP contribution in [0.25, 0.3) is 16.8 Å². The van der Waals surface area contributed by atoms with Gasteiger partial charge < -0.3 is 0 Å². The van der Waals surface area contributed by atoms with Crippen molar-refractivity contribution in [3.05, 3.63) is 65.3 Å². The molecule has 0 spiro atoms. The van der Waals surface area contributed by atoms with E-state index in [1.807, 2.05) is 6.08 Å². The molecular formula is C20H15NO2. The van der Waals surface area contributed by atoms with Gasteiger partial charge in [0, 0.05) is 18.8 Å². The Balaban J connectivity index is 1.78. The molecule has 0 N–H and O–H groups in total. The number of hydrogen-bond acceptors (Lipinski definition) is 2. The average molecular weight is 301 g/mol. The number of imide groups is 1. The number of benzene rings is 2. The number of nitrogens with zero attached hydrogens (tertiary/aromatic N) is 1. The third kappa shape index (κ3) is 1.65. The Morgan fingerprint density at radius 3 is 2.57 bits per heavy atom. The first-order chi connectivity index (χ1) is 11.2. The molecule has 3 nitrogen and oxygen atoms in total. The van der Waals surface area contributed by atoms with Gasteiger partial charge in [-0.15, -0.1) is 0 Å². The minimum absolute atomic E-state index is 0.0602. The molecule has 2 aliphatic carbocycles. The predicted octanol–water partition coefficient (Wildman–Crippen LogP) is 3.71. The van der Waals surface area contributed by atoms with Crippen LogP contribution in [0.3, 0.4) is 0 Å². The summed E-state index contributed by atoms with van der Waals surface area (Å²) >= 11 is 0. The van der Waals surface area contributed by atoms with Gasteiger partial charge >= 0.3 is 0 Å². The summed E-state index contributed by atoms with van der Waals surface area (Å²) in [5, 5.41) is 2.47. The molecule has 0 saturated carbocycles. The van der Waals surface area contributed by atoms with E-state index in [2.05, 4.69) is 48.6 Å². The van der Waals surface area contributed by atoms with E-state index in [0.717, 1.165) is 5.56 Å². The van der Waals surface area contributed by atoms with Gasteiger partial charge in [-0.1, -0.05) is 54.6 Å². The summed E-state index contributed by atoms with van der Waals surface area (Å²) in [7, 11) is 0. The number of carbonyl (C=O) groups is 2. The Kier molecular flexibility index (Phi) is 2.46. The second-order valence-electron chi connectivity index (χ2n) is 6.39. The molecule has 2 unspecified atom stereocenters. The van der Waals surface area contributed by atoms with Crippen LogP contribution in [0.5, 0.6) is 0 Å². The van der Waals surface area contributed by atoms with Gasteiger partial charge in [0.15, 0.2) is 0 Å². The SMILES string of the molecule is O=C1CCC(=O)N1C1C=CC2C=Cc3cccc4ccc1c2c34. The van der Waals surface area contributed by atoms with Crippen LogP contribution in [0.4, 0.5) is 0 Å². The maximum Gasteiger partial charge on any atom is 0.230 e. The molecule has 1 aliphatic heterocycles. The summed E-state index contributed by atoms with van der Waals surface area (Å²) in [5.74, 6) is 0.109. The van der Waals surface area contributed by atoms with Crippen molar-refractivity contribution in [2.24, 2.45) is 0 Å². The van der Waals surface area contributed by atoms with Crippen LogP contribution >= 0.6 is 0 Å². The normalized spacial score (nSPS) is 24.8. The Morgan fingerprint density at radius 1 is 0.913 bits per heavy atom. The van der Waals surface area contributed by atoms with Gasteiger partial charge in [-0.2, -0.15) is 0 Å². The fraction of sp³-hybridized carbons (Fsp3) is 0.200. The van der Waals surface area contributed by atoms with Gasteiger partial charge in [0.05, 0.1) is 6.04 Å². The van der Waals surface area contributed by atoms with Crippen LogP contribution in [-0.4, -0.2) is 16.7 Å². The van der Waals surface area contributed by atoms with Crippen LogP contribution in [0.1, 0.15) is 41.5 Å². The monoisotopic (exact) mass is 301 g/mol. The molecule has 5 rings (SSSR count). The summed E-state index contributed by atoms with van der Waals surface area (Å²) in [6, 6.07) is 10.2. The Morgan fingerprint density at radius 2 is 1.74 bits per heavy atom. The Hall–Kier alpha value is -2.68. The van der Waals surface area contributed by atoms with Crippen molar-refractivity contribution in [2.75, 3.05) is 0 Å². The lowest BCUT2D eigenvalue weighted by molar-refractivity contribution is -0.140. The van der Waals surface area contributed by atoms with Gasteiger partial charge in [-0.05, 0) is 27.5 Å². The summed E-state index contributed by atoms with van der Waals surface area (Å²) in [6.07, 6.45) is 9.17. The minimum atomic E-state index is -0.257. The average Bonchev–Trinajstić information content (AvgIpc) is 2.91. The summed E-state index contributed by atoms with van der Waals surface area (Å²) in [4.78, 5) is 25.8. The number of carbonyl (C=O) groups excluding carboxylic acids is 2. The minimum Gasteiger partial charge on any atom is -0.274 e. The van der Waals surface area contributed by atoms with Gasteiger partial charge in [-0.3, -0.25) is 14.5 Å². The molecule has 3 heteroatoms. The lowest BCUT2D eigenvalue weighted by Gasteiger charge is -2.33. The smallest absolute Gasteiger partial charge is 0.230 e. The number of amides is 2. The maximum absolute atomic E-state index is 12.2. The Labute approximate surface area is 133 Å². The maximum atomic E-state index is 12.2. The summed E-state index contributed by atoms with van der Waals surface area (Å²) < 4.78 is 0. The van der Waals surface area contributed by atoms with E-state index in [0.29, 0.717) is 12.8 Å².